The van der Waals surface area contributed by atoms with Crippen LogP contribution in [0.4, 0.5) is 26.3 Å². The maximum Gasteiger partial charge on any atom is 0.416 e. The third kappa shape index (κ3) is 8.63. The predicted octanol–water partition coefficient (Wildman–Crippen LogP) is 7.81. The maximum absolute atomic E-state index is 13.4. The van der Waals surface area contributed by atoms with Crippen LogP contribution in [0.3, 0.4) is 0 Å². The van der Waals surface area contributed by atoms with Crippen LogP contribution in [0.1, 0.15) is 45.5 Å². The molecule has 3 rings (SSSR count). The Morgan fingerprint density at radius 2 is 1.45 bits per heavy atom. The molecule has 0 fully saturated rings. The Labute approximate surface area is 236 Å². The fourth-order valence-electron chi connectivity index (χ4n) is 3.99. The number of amides is 2. The number of benzene rings is 3. The zero-order chi connectivity index (χ0) is 29.7. The van der Waals surface area contributed by atoms with E-state index in [2.05, 4.69) is 5.32 Å². The Morgan fingerprint density at radius 1 is 0.875 bits per heavy atom. The highest BCUT2D eigenvalue weighted by atomic mass is 35.5. The van der Waals surface area contributed by atoms with Crippen molar-refractivity contribution in [2.75, 3.05) is 7.05 Å². The molecule has 3 aromatic carbocycles. The third-order valence-corrected chi connectivity index (χ3v) is 6.85. The number of nitrogens with one attached hydrogen (secondary N) is 1. The molecule has 2 amide bonds. The molecule has 0 aliphatic heterocycles. The zero-order valence-corrected chi connectivity index (χ0v) is 22.6. The normalized spacial score (nSPS) is 12.6. The monoisotopic (exact) mass is 604 g/mol. The van der Waals surface area contributed by atoms with E-state index in [1.54, 1.807) is 48.5 Å². The number of carbonyl (C=O) groups is 2. The molecule has 0 aliphatic rings. The minimum atomic E-state index is -5.10. The van der Waals surface area contributed by atoms with Gasteiger partial charge in [0.2, 0.25) is 5.91 Å². The Kier molecular flexibility index (Phi) is 10.1. The summed E-state index contributed by atoms with van der Waals surface area (Å²) in [6, 6.07) is 13.5. The lowest BCUT2D eigenvalue weighted by molar-refractivity contribution is -0.143. The lowest BCUT2D eigenvalue weighted by atomic mass is 9.98. The lowest BCUT2D eigenvalue weighted by Gasteiger charge is -2.29. The molecular formula is C28H24Cl2F6N2O2. The van der Waals surface area contributed by atoms with E-state index >= 15 is 0 Å². The first-order chi connectivity index (χ1) is 18.6. The topological polar surface area (TPSA) is 49.4 Å². The second-order valence-corrected chi connectivity index (χ2v) is 9.95. The number of likely N-dealkylation sites (N-methyl/N-ethyl adjacent to an activating group) is 1. The van der Waals surface area contributed by atoms with Gasteiger partial charge in [-0.15, -0.1) is 0 Å². The molecule has 214 valence electrons. The van der Waals surface area contributed by atoms with Crippen molar-refractivity contribution in [3.05, 3.63) is 105 Å². The van der Waals surface area contributed by atoms with E-state index in [1.165, 1.54) is 7.05 Å². The van der Waals surface area contributed by atoms with Crippen LogP contribution in [-0.4, -0.2) is 29.8 Å². The van der Waals surface area contributed by atoms with E-state index in [4.69, 9.17) is 23.2 Å². The van der Waals surface area contributed by atoms with E-state index in [0.717, 1.165) is 4.90 Å². The van der Waals surface area contributed by atoms with Crippen LogP contribution in [-0.2, 0) is 30.1 Å². The third-order valence-electron chi connectivity index (χ3n) is 6.23. The van der Waals surface area contributed by atoms with Gasteiger partial charge < -0.3 is 10.2 Å². The molecule has 4 nitrogen and oxygen atoms in total. The van der Waals surface area contributed by atoms with E-state index in [9.17, 15) is 35.9 Å². The van der Waals surface area contributed by atoms with Crippen molar-refractivity contribution < 1.29 is 35.9 Å². The van der Waals surface area contributed by atoms with Crippen molar-refractivity contribution in [2.24, 2.45) is 0 Å². The minimum absolute atomic E-state index is 0.0364. The largest absolute Gasteiger partial charge is 0.416 e. The van der Waals surface area contributed by atoms with Gasteiger partial charge in [-0.1, -0.05) is 53.5 Å². The van der Waals surface area contributed by atoms with E-state index in [1.807, 2.05) is 0 Å². The predicted molar refractivity (Wildman–Crippen MR) is 140 cm³/mol. The van der Waals surface area contributed by atoms with Crippen molar-refractivity contribution >= 4 is 35.0 Å². The molecular weight excluding hydrogens is 581 g/mol. The molecule has 40 heavy (non-hydrogen) atoms. The van der Waals surface area contributed by atoms with Crippen molar-refractivity contribution in [1.29, 1.82) is 0 Å². The number of alkyl halides is 6. The summed E-state index contributed by atoms with van der Waals surface area (Å²) in [5, 5.41) is 3.64. The molecule has 1 unspecified atom stereocenters. The van der Waals surface area contributed by atoms with Gasteiger partial charge in [-0.3, -0.25) is 9.59 Å². The van der Waals surface area contributed by atoms with E-state index in [-0.39, 0.29) is 37.8 Å². The number of rotatable bonds is 9. The molecule has 1 atom stereocenters. The van der Waals surface area contributed by atoms with Gasteiger partial charge in [0.05, 0.1) is 11.1 Å². The summed E-state index contributed by atoms with van der Waals surface area (Å²) in [5.74, 6) is -1.42. The number of hydrogen-bond donors (Lipinski definition) is 1. The van der Waals surface area contributed by atoms with Gasteiger partial charge in [-0.2, -0.15) is 26.3 Å². The summed E-state index contributed by atoms with van der Waals surface area (Å²) in [6.45, 7) is 0.152. The second kappa shape index (κ2) is 13.0. The summed E-state index contributed by atoms with van der Waals surface area (Å²) in [7, 11) is 1.28. The Balaban J connectivity index is 1.83. The zero-order valence-electron chi connectivity index (χ0n) is 21.0. The van der Waals surface area contributed by atoms with Gasteiger partial charge in [0, 0.05) is 41.7 Å². The molecule has 0 heterocycles. The molecule has 0 bridgehead atoms. The first kappa shape index (κ1) is 31.3. The molecule has 0 saturated heterocycles. The van der Waals surface area contributed by atoms with Gasteiger partial charge in [0.1, 0.15) is 0 Å². The Hall–Kier alpha value is -3.24. The van der Waals surface area contributed by atoms with Crippen LogP contribution in [0.25, 0.3) is 0 Å². The summed E-state index contributed by atoms with van der Waals surface area (Å²) >= 11 is 12.0. The average molecular weight is 605 g/mol. The van der Waals surface area contributed by atoms with Crippen LogP contribution in [0.5, 0.6) is 0 Å². The standard InChI is InChI=1S/C28H24Cl2F6N2O2/c1-38(26(40)19-13-20(27(31,32)33)15-21(14-19)28(34,35)36)23(12-17-6-8-22(29)9-7-17)10-11-25(39)37-16-18-4-2-3-5-24(18)30/h2-9,13-15,23H,10-12,16H2,1H3,(H,37,39). The molecule has 1 N–H and O–H groups in total. The number of hydrogen-bond acceptors (Lipinski definition) is 2. The molecule has 0 aromatic heterocycles. The molecule has 12 heteroatoms. The van der Waals surface area contributed by atoms with Crippen molar-refractivity contribution in [3.8, 4) is 0 Å². The number of carbonyl (C=O) groups excluding carboxylic acids is 2. The quantitative estimate of drug-likeness (QED) is 0.253. The molecule has 0 saturated carbocycles. The molecule has 0 radical (unpaired) electrons. The van der Waals surface area contributed by atoms with Crippen LogP contribution in [0, 0.1) is 0 Å². The summed E-state index contributed by atoms with van der Waals surface area (Å²) < 4.78 is 80.1. The van der Waals surface area contributed by atoms with Crippen LogP contribution in [0.2, 0.25) is 10.0 Å². The summed E-state index contributed by atoms with van der Waals surface area (Å²) in [4.78, 5) is 26.9. The highest BCUT2D eigenvalue weighted by Gasteiger charge is 2.38. The first-order valence-corrected chi connectivity index (χ1v) is 12.7. The number of nitrogens with zero attached hydrogens (tertiary/aromatic N) is 1. The Bertz CT molecular complexity index is 1310. The summed E-state index contributed by atoms with van der Waals surface area (Å²) in [6.07, 6.45) is -10.0. The highest BCUT2D eigenvalue weighted by Crippen LogP contribution is 2.36. The van der Waals surface area contributed by atoms with Crippen molar-refractivity contribution in [1.82, 2.24) is 10.2 Å². The maximum atomic E-state index is 13.4. The van der Waals surface area contributed by atoms with Gasteiger partial charge in [0.25, 0.3) is 5.91 Å². The van der Waals surface area contributed by atoms with Crippen LogP contribution < -0.4 is 5.32 Å². The van der Waals surface area contributed by atoms with E-state index in [0.29, 0.717) is 33.3 Å². The van der Waals surface area contributed by atoms with Crippen molar-refractivity contribution in [3.63, 3.8) is 0 Å². The van der Waals surface area contributed by atoms with Gasteiger partial charge in [-0.25, -0.2) is 0 Å². The number of halogens is 8. The average Bonchev–Trinajstić information content (AvgIpc) is 2.89. The smallest absolute Gasteiger partial charge is 0.352 e. The Morgan fingerprint density at radius 3 is 2.00 bits per heavy atom. The SMILES string of the molecule is CN(C(=O)c1cc(C(F)(F)F)cc(C(F)(F)F)c1)C(CCC(=O)NCc1ccccc1Cl)Cc1ccc(Cl)cc1. The second-order valence-electron chi connectivity index (χ2n) is 9.10. The first-order valence-electron chi connectivity index (χ1n) is 12.0. The van der Waals surface area contributed by atoms with Crippen LogP contribution in [0.15, 0.2) is 66.7 Å². The molecule has 3 aromatic rings. The fourth-order valence-corrected chi connectivity index (χ4v) is 4.32. The van der Waals surface area contributed by atoms with Crippen molar-refractivity contribution in [2.45, 2.75) is 44.2 Å². The lowest BCUT2D eigenvalue weighted by Crippen LogP contribution is -2.39. The molecule has 0 aliphatic carbocycles. The van der Waals surface area contributed by atoms with Gasteiger partial charge in [0.15, 0.2) is 0 Å². The minimum Gasteiger partial charge on any atom is -0.352 e. The summed E-state index contributed by atoms with van der Waals surface area (Å²) in [5.41, 5.74) is -2.56. The molecule has 0 spiro atoms. The van der Waals surface area contributed by atoms with Crippen LogP contribution >= 0.6 is 23.2 Å². The highest BCUT2D eigenvalue weighted by molar-refractivity contribution is 6.31. The van der Waals surface area contributed by atoms with Gasteiger partial charge in [-0.05, 0) is 60.4 Å². The van der Waals surface area contributed by atoms with E-state index < -0.39 is 41.0 Å². The van der Waals surface area contributed by atoms with Gasteiger partial charge >= 0.3 is 12.4 Å². The fraction of sp³-hybridized carbons (Fsp3) is 0.286.